The minimum Gasteiger partial charge on any atom is -0.423 e. The molecular formula is C14H14BrNO3. The molecule has 3 rings (SSSR count). The molecule has 1 aliphatic heterocycles. The Kier molecular flexibility index (Phi) is 3.43. The molecule has 5 heteroatoms. The second-order valence-corrected chi connectivity index (χ2v) is 5.89. The number of hydrogen-bond acceptors (Lipinski definition) is 4. The molecule has 0 bridgehead atoms. The van der Waals surface area contributed by atoms with Crippen LogP contribution in [-0.4, -0.2) is 29.7 Å². The van der Waals surface area contributed by atoms with Crippen LogP contribution < -0.4 is 5.63 Å². The van der Waals surface area contributed by atoms with E-state index in [1.807, 2.05) is 18.2 Å². The number of benzene rings is 1. The van der Waals surface area contributed by atoms with E-state index in [4.69, 9.17) is 9.52 Å². The fourth-order valence-corrected chi connectivity index (χ4v) is 2.84. The number of hydrogen-bond donors (Lipinski definition) is 1. The van der Waals surface area contributed by atoms with Crippen LogP contribution in [0, 0.1) is 5.92 Å². The zero-order valence-corrected chi connectivity index (χ0v) is 11.9. The van der Waals surface area contributed by atoms with Gasteiger partial charge in [-0.05, 0) is 23.8 Å². The van der Waals surface area contributed by atoms with Crippen molar-refractivity contribution in [2.45, 2.75) is 6.54 Å². The van der Waals surface area contributed by atoms with E-state index in [0.717, 1.165) is 35.1 Å². The van der Waals surface area contributed by atoms with Gasteiger partial charge in [-0.2, -0.15) is 0 Å². The lowest BCUT2D eigenvalue weighted by Gasteiger charge is -2.38. The Hall–Kier alpha value is -1.17. The molecule has 2 heterocycles. The second-order valence-electron chi connectivity index (χ2n) is 4.97. The third-order valence-electron chi connectivity index (χ3n) is 3.48. The van der Waals surface area contributed by atoms with Crippen LogP contribution in [0.15, 0.2) is 37.9 Å². The molecule has 4 nitrogen and oxygen atoms in total. The molecule has 100 valence electrons. The van der Waals surface area contributed by atoms with Crippen LogP contribution in [0.4, 0.5) is 0 Å². The molecule has 19 heavy (non-hydrogen) atoms. The molecule has 1 N–H and O–H groups in total. The van der Waals surface area contributed by atoms with E-state index in [1.165, 1.54) is 0 Å². The highest BCUT2D eigenvalue weighted by Gasteiger charge is 2.26. The number of aliphatic hydroxyl groups is 1. The van der Waals surface area contributed by atoms with Crippen molar-refractivity contribution in [2.75, 3.05) is 19.7 Å². The summed E-state index contributed by atoms with van der Waals surface area (Å²) in [5.74, 6) is 0.375. The van der Waals surface area contributed by atoms with Gasteiger partial charge in [-0.1, -0.05) is 15.9 Å². The molecule has 0 atom stereocenters. The quantitative estimate of drug-likeness (QED) is 0.877. The Bertz CT molecular complexity index is 661. The molecule has 1 saturated heterocycles. The molecule has 1 aliphatic rings. The average molecular weight is 324 g/mol. The normalized spacial score (nSPS) is 16.7. The Morgan fingerprint density at radius 2 is 2.16 bits per heavy atom. The molecule has 1 aromatic heterocycles. The van der Waals surface area contributed by atoms with Gasteiger partial charge < -0.3 is 9.52 Å². The monoisotopic (exact) mass is 323 g/mol. The summed E-state index contributed by atoms with van der Waals surface area (Å²) in [5, 5.41) is 9.99. The molecule has 0 saturated carbocycles. The molecule has 1 fully saturated rings. The first-order valence-electron chi connectivity index (χ1n) is 6.21. The second kappa shape index (κ2) is 5.07. The molecule has 0 aliphatic carbocycles. The average Bonchev–Trinajstić information content (AvgIpc) is 2.32. The predicted molar refractivity (Wildman–Crippen MR) is 76.0 cm³/mol. The maximum absolute atomic E-state index is 11.6. The Balaban J connectivity index is 1.92. The Morgan fingerprint density at radius 1 is 1.37 bits per heavy atom. The van der Waals surface area contributed by atoms with Crippen molar-refractivity contribution >= 4 is 26.9 Å². The summed E-state index contributed by atoms with van der Waals surface area (Å²) >= 11 is 3.37. The smallest absolute Gasteiger partial charge is 0.336 e. The van der Waals surface area contributed by atoms with Crippen LogP contribution in [0.1, 0.15) is 5.56 Å². The lowest BCUT2D eigenvalue weighted by molar-refractivity contribution is 0.0481. The SMILES string of the molecule is O=c1cc(CN2CC(CO)C2)c2ccc(Br)cc2o1. The zero-order valence-electron chi connectivity index (χ0n) is 10.3. The van der Waals surface area contributed by atoms with Crippen molar-refractivity contribution in [1.29, 1.82) is 0 Å². The van der Waals surface area contributed by atoms with Crippen LogP contribution in [0.2, 0.25) is 0 Å². The highest BCUT2D eigenvalue weighted by Crippen LogP contribution is 2.24. The molecule has 0 amide bonds. The molecule has 0 unspecified atom stereocenters. The molecule has 0 spiro atoms. The van der Waals surface area contributed by atoms with Crippen molar-refractivity contribution in [1.82, 2.24) is 4.90 Å². The summed E-state index contributed by atoms with van der Waals surface area (Å²) in [7, 11) is 0. The lowest BCUT2D eigenvalue weighted by Crippen LogP contribution is -2.47. The summed E-state index contributed by atoms with van der Waals surface area (Å²) in [6.45, 7) is 2.73. The van der Waals surface area contributed by atoms with Crippen LogP contribution in [0.25, 0.3) is 11.0 Å². The predicted octanol–water partition coefficient (Wildman–Crippen LogP) is 1.98. The fraction of sp³-hybridized carbons (Fsp3) is 0.357. The van der Waals surface area contributed by atoms with Crippen LogP contribution in [0.5, 0.6) is 0 Å². The summed E-state index contributed by atoms with van der Waals surface area (Å²) in [5.41, 5.74) is 1.27. The van der Waals surface area contributed by atoms with E-state index in [2.05, 4.69) is 20.8 Å². The van der Waals surface area contributed by atoms with E-state index in [0.29, 0.717) is 11.5 Å². The minimum atomic E-state index is -0.320. The molecule has 2 aromatic rings. The Morgan fingerprint density at radius 3 is 2.89 bits per heavy atom. The van der Waals surface area contributed by atoms with Gasteiger partial charge >= 0.3 is 5.63 Å². The number of fused-ring (bicyclic) bond motifs is 1. The van der Waals surface area contributed by atoms with Gasteiger partial charge in [0.15, 0.2) is 0 Å². The van der Waals surface area contributed by atoms with Crippen molar-refractivity contribution in [3.05, 3.63) is 44.7 Å². The topological polar surface area (TPSA) is 53.7 Å². The van der Waals surface area contributed by atoms with Gasteiger partial charge in [0.25, 0.3) is 0 Å². The van der Waals surface area contributed by atoms with Crippen molar-refractivity contribution in [2.24, 2.45) is 5.92 Å². The summed E-state index contributed by atoms with van der Waals surface area (Å²) in [6, 6.07) is 7.27. The highest BCUT2D eigenvalue weighted by molar-refractivity contribution is 9.10. The standard InChI is InChI=1S/C14H14BrNO3/c15-11-1-2-12-10(3-14(18)19-13(12)4-11)7-16-5-9(6-16)8-17/h1-4,9,17H,5-8H2. The maximum Gasteiger partial charge on any atom is 0.336 e. The van der Waals surface area contributed by atoms with Crippen molar-refractivity contribution < 1.29 is 9.52 Å². The van der Waals surface area contributed by atoms with Gasteiger partial charge in [0.2, 0.25) is 0 Å². The summed E-state index contributed by atoms with van der Waals surface area (Å²) < 4.78 is 6.11. The third-order valence-corrected chi connectivity index (χ3v) is 3.97. The Labute approximate surface area is 118 Å². The first-order valence-corrected chi connectivity index (χ1v) is 7.00. The van der Waals surface area contributed by atoms with Crippen molar-refractivity contribution in [3.63, 3.8) is 0 Å². The number of rotatable bonds is 3. The van der Waals surface area contributed by atoms with E-state index in [-0.39, 0.29) is 12.2 Å². The number of halogens is 1. The highest BCUT2D eigenvalue weighted by atomic mass is 79.9. The van der Waals surface area contributed by atoms with Gasteiger partial charge in [-0.25, -0.2) is 4.79 Å². The van der Waals surface area contributed by atoms with E-state index < -0.39 is 0 Å². The first kappa shape index (κ1) is 12.8. The van der Waals surface area contributed by atoms with Gasteiger partial charge in [0.05, 0.1) is 0 Å². The van der Waals surface area contributed by atoms with Gasteiger partial charge in [-0.15, -0.1) is 0 Å². The van der Waals surface area contributed by atoms with Crippen LogP contribution in [-0.2, 0) is 6.54 Å². The number of nitrogens with zero attached hydrogens (tertiary/aromatic N) is 1. The third kappa shape index (κ3) is 2.59. The summed E-state index contributed by atoms with van der Waals surface area (Å²) in [6.07, 6.45) is 0. The van der Waals surface area contributed by atoms with Gasteiger partial charge in [0.1, 0.15) is 5.58 Å². The largest absolute Gasteiger partial charge is 0.423 e. The minimum absolute atomic E-state index is 0.237. The van der Waals surface area contributed by atoms with Gasteiger partial charge in [0, 0.05) is 48.1 Å². The van der Waals surface area contributed by atoms with Crippen LogP contribution >= 0.6 is 15.9 Å². The number of aliphatic hydroxyl groups excluding tert-OH is 1. The zero-order chi connectivity index (χ0) is 13.4. The van der Waals surface area contributed by atoms with E-state index >= 15 is 0 Å². The summed E-state index contributed by atoms with van der Waals surface area (Å²) in [4.78, 5) is 13.8. The first-order chi connectivity index (χ1) is 9.15. The maximum atomic E-state index is 11.6. The fourth-order valence-electron chi connectivity index (χ4n) is 2.50. The van der Waals surface area contributed by atoms with Crippen LogP contribution in [0.3, 0.4) is 0 Å². The lowest BCUT2D eigenvalue weighted by atomic mass is 10.00. The van der Waals surface area contributed by atoms with E-state index in [1.54, 1.807) is 6.07 Å². The van der Waals surface area contributed by atoms with E-state index in [9.17, 15) is 4.79 Å². The van der Waals surface area contributed by atoms with Gasteiger partial charge in [-0.3, -0.25) is 4.90 Å². The molecule has 0 radical (unpaired) electrons. The number of likely N-dealkylation sites (tertiary alicyclic amines) is 1. The molecule has 1 aromatic carbocycles. The van der Waals surface area contributed by atoms with Crippen molar-refractivity contribution in [3.8, 4) is 0 Å². The molecular weight excluding hydrogens is 310 g/mol.